The van der Waals surface area contributed by atoms with Crippen LogP contribution in [0.3, 0.4) is 0 Å². The number of fused-ring (bicyclic) bond motifs is 4. The molecule has 0 saturated carbocycles. The first kappa shape index (κ1) is 30.8. The van der Waals surface area contributed by atoms with E-state index < -0.39 is 12.1 Å². The summed E-state index contributed by atoms with van der Waals surface area (Å²) in [6.07, 6.45) is 6.99. The molecule has 4 heterocycles. The molecule has 2 N–H and O–H groups in total. The molecule has 1 aromatic heterocycles. The second kappa shape index (κ2) is 13.9. The zero-order valence-electron chi connectivity index (χ0n) is 26.2. The van der Waals surface area contributed by atoms with Crippen molar-refractivity contribution in [2.75, 3.05) is 26.7 Å². The van der Waals surface area contributed by atoms with Gasteiger partial charge in [-0.2, -0.15) is 5.10 Å². The van der Waals surface area contributed by atoms with E-state index >= 15 is 0 Å². The van der Waals surface area contributed by atoms with Crippen LogP contribution in [-0.4, -0.2) is 82.2 Å². The highest BCUT2D eigenvalue weighted by Crippen LogP contribution is 2.37. The number of hydrogen-bond donors (Lipinski definition) is 2. The maximum Gasteiger partial charge on any atom is 0.245 e. The fraction of sp³-hybridized carbons (Fsp3) is 0.486. The Morgan fingerprint density at radius 2 is 1.80 bits per heavy atom. The van der Waals surface area contributed by atoms with Gasteiger partial charge in [-0.25, -0.2) is 0 Å². The Morgan fingerprint density at radius 1 is 0.956 bits per heavy atom. The first-order valence-corrected chi connectivity index (χ1v) is 16.2. The van der Waals surface area contributed by atoms with Crippen LogP contribution >= 0.6 is 0 Å². The van der Waals surface area contributed by atoms with Gasteiger partial charge in [-0.05, 0) is 67.3 Å². The van der Waals surface area contributed by atoms with Gasteiger partial charge in [-0.3, -0.25) is 24.0 Å². The predicted octanol–water partition coefficient (Wildman–Crippen LogP) is 3.01. The van der Waals surface area contributed by atoms with Gasteiger partial charge in [0, 0.05) is 63.0 Å². The molecule has 2 bridgehead atoms. The van der Waals surface area contributed by atoms with Gasteiger partial charge in [0.2, 0.25) is 17.7 Å². The largest absolute Gasteiger partial charge is 0.496 e. The van der Waals surface area contributed by atoms with Crippen LogP contribution < -0.4 is 15.4 Å². The molecule has 3 aliphatic heterocycles. The molecule has 3 fully saturated rings. The van der Waals surface area contributed by atoms with Crippen molar-refractivity contribution in [1.29, 1.82) is 0 Å². The number of hydrogen-bond acceptors (Lipinski definition) is 6. The van der Waals surface area contributed by atoms with E-state index in [1.165, 1.54) is 5.56 Å². The lowest BCUT2D eigenvalue weighted by Gasteiger charge is -2.51. The SMILES string of the molecule is COc1ccc(CN2C[C@@H]3C[C@H](C2)[C@@H]2CCCC(=O)N[C@H](C)C(=O)N[C@@H](Cc4ccccc4)C(=O)N2C3)cc1Cn1cccn1. The highest BCUT2D eigenvalue weighted by Gasteiger charge is 2.44. The van der Waals surface area contributed by atoms with Gasteiger partial charge in [0.05, 0.1) is 13.7 Å². The fourth-order valence-electron chi connectivity index (χ4n) is 7.48. The fourth-order valence-corrected chi connectivity index (χ4v) is 7.48. The number of aromatic nitrogens is 2. The lowest BCUT2D eigenvalue weighted by molar-refractivity contribution is -0.146. The van der Waals surface area contributed by atoms with Gasteiger partial charge >= 0.3 is 0 Å². The average molecular weight is 613 g/mol. The van der Waals surface area contributed by atoms with Crippen LogP contribution in [0.1, 0.15) is 49.3 Å². The van der Waals surface area contributed by atoms with Crippen molar-refractivity contribution in [3.8, 4) is 5.75 Å². The maximum absolute atomic E-state index is 14.3. The number of nitrogens with zero attached hydrogens (tertiary/aromatic N) is 4. The smallest absolute Gasteiger partial charge is 0.245 e. The molecule has 0 aliphatic carbocycles. The molecule has 3 saturated heterocycles. The van der Waals surface area contributed by atoms with Crippen molar-refractivity contribution in [3.05, 3.63) is 83.7 Å². The van der Waals surface area contributed by atoms with E-state index in [4.69, 9.17) is 4.74 Å². The van der Waals surface area contributed by atoms with Crippen molar-refractivity contribution in [1.82, 2.24) is 30.2 Å². The molecular formula is C35H44N6O4. The number of nitrogens with one attached hydrogen (secondary N) is 2. The topological polar surface area (TPSA) is 109 Å². The quantitative estimate of drug-likeness (QED) is 0.425. The third-order valence-corrected chi connectivity index (χ3v) is 9.54. The highest BCUT2D eigenvalue weighted by atomic mass is 16.5. The van der Waals surface area contributed by atoms with Crippen molar-refractivity contribution < 1.29 is 19.1 Å². The van der Waals surface area contributed by atoms with Crippen LogP contribution in [0.4, 0.5) is 0 Å². The third-order valence-electron chi connectivity index (χ3n) is 9.54. The molecule has 45 heavy (non-hydrogen) atoms. The number of carbonyl (C=O) groups is 3. The van der Waals surface area contributed by atoms with E-state index in [-0.39, 0.29) is 23.8 Å². The van der Waals surface area contributed by atoms with Gasteiger partial charge in [0.25, 0.3) is 0 Å². The first-order chi connectivity index (χ1) is 21.9. The molecular weight excluding hydrogens is 568 g/mol. The van der Waals surface area contributed by atoms with Crippen LogP contribution in [0.5, 0.6) is 5.75 Å². The monoisotopic (exact) mass is 612 g/mol. The van der Waals surface area contributed by atoms with Crippen LogP contribution in [0.15, 0.2) is 67.0 Å². The summed E-state index contributed by atoms with van der Waals surface area (Å²) < 4.78 is 7.55. The molecule has 10 heteroatoms. The van der Waals surface area contributed by atoms with Crippen molar-refractivity contribution >= 4 is 17.7 Å². The minimum atomic E-state index is -0.703. The second-order valence-electron chi connectivity index (χ2n) is 12.9. The molecule has 3 aliphatic rings. The van der Waals surface area contributed by atoms with Gasteiger partial charge in [0.15, 0.2) is 0 Å². The number of piperidine rings is 2. The summed E-state index contributed by atoms with van der Waals surface area (Å²) >= 11 is 0. The number of amides is 3. The summed E-state index contributed by atoms with van der Waals surface area (Å²) in [5.74, 6) is 1.01. The Kier molecular flexibility index (Phi) is 9.49. The van der Waals surface area contributed by atoms with E-state index in [1.807, 2.05) is 53.3 Å². The van der Waals surface area contributed by atoms with Crippen LogP contribution in [0.2, 0.25) is 0 Å². The number of ether oxygens (including phenoxy) is 1. The molecule has 238 valence electrons. The number of benzene rings is 2. The molecule has 0 unspecified atom stereocenters. The van der Waals surface area contributed by atoms with E-state index in [0.29, 0.717) is 44.2 Å². The molecule has 3 amide bonds. The van der Waals surface area contributed by atoms with E-state index in [0.717, 1.165) is 49.4 Å². The number of likely N-dealkylation sites (tertiary alicyclic amines) is 1. The van der Waals surface area contributed by atoms with E-state index in [1.54, 1.807) is 20.2 Å². The Morgan fingerprint density at radius 3 is 2.58 bits per heavy atom. The Balaban J connectivity index is 1.21. The summed E-state index contributed by atoms with van der Waals surface area (Å²) in [5, 5.41) is 10.2. The van der Waals surface area contributed by atoms with Gasteiger partial charge in [-0.1, -0.05) is 36.4 Å². The zero-order chi connectivity index (χ0) is 31.3. The lowest BCUT2D eigenvalue weighted by Crippen LogP contribution is -2.63. The van der Waals surface area contributed by atoms with Gasteiger partial charge in [0.1, 0.15) is 17.8 Å². The van der Waals surface area contributed by atoms with E-state index in [2.05, 4.69) is 37.7 Å². The molecule has 0 radical (unpaired) electrons. The highest BCUT2D eigenvalue weighted by molar-refractivity contribution is 5.92. The minimum absolute atomic E-state index is 0.0159. The lowest BCUT2D eigenvalue weighted by atomic mass is 9.77. The van der Waals surface area contributed by atoms with Crippen LogP contribution in [0, 0.1) is 11.8 Å². The zero-order valence-corrected chi connectivity index (χ0v) is 26.2. The second-order valence-corrected chi connectivity index (χ2v) is 12.9. The van der Waals surface area contributed by atoms with Gasteiger partial charge < -0.3 is 20.3 Å². The van der Waals surface area contributed by atoms with Crippen molar-refractivity contribution in [3.63, 3.8) is 0 Å². The van der Waals surface area contributed by atoms with E-state index in [9.17, 15) is 14.4 Å². The first-order valence-electron chi connectivity index (χ1n) is 16.2. The molecule has 5 atom stereocenters. The number of methoxy groups -OCH3 is 1. The number of carbonyl (C=O) groups excluding carboxylic acids is 3. The summed E-state index contributed by atoms with van der Waals surface area (Å²) in [6.45, 7) is 5.58. The third kappa shape index (κ3) is 7.39. The summed E-state index contributed by atoms with van der Waals surface area (Å²) in [4.78, 5) is 44.8. The predicted molar refractivity (Wildman–Crippen MR) is 170 cm³/mol. The summed E-state index contributed by atoms with van der Waals surface area (Å²) in [7, 11) is 1.70. The van der Waals surface area contributed by atoms with Crippen LogP contribution in [0.25, 0.3) is 0 Å². The standard InChI is InChI=1S/C35H44N6O4/c1-24-34(43)38-30(18-25-8-4-3-5-9-25)35(44)41-21-27-17-28(31(41)10-6-11-33(42)37-24)22-39(20-27)19-26-12-13-32(45-2)29(16-26)23-40-15-7-14-36-40/h3-5,7-9,12-16,24,27-28,30-31H,6,10-11,17-23H2,1-2H3,(H,37,42)(H,38,43)/t24-,27+,28-,30+,31+/m1/s1. The molecule has 6 rings (SSSR count). The number of rotatable bonds is 7. The van der Waals surface area contributed by atoms with Crippen LogP contribution in [-0.2, 0) is 33.9 Å². The summed E-state index contributed by atoms with van der Waals surface area (Å²) in [5.41, 5.74) is 3.30. The maximum atomic E-state index is 14.3. The Hall–Kier alpha value is -4.18. The molecule has 2 aromatic carbocycles. The molecule has 10 nitrogen and oxygen atoms in total. The minimum Gasteiger partial charge on any atom is -0.496 e. The van der Waals surface area contributed by atoms with Crippen molar-refractivity contribution in [2.24, 2.45) is 11.8 Å². The molecule has 0 spiro atoms. The summed E-state index contributed by atoms with van der Waals surface area (Å²) in [6, 6.07) is 16.8. The van der Waals surface area contributed by atoms with Crippen molar-refractivity contribution in [2.45, 2.75) is 70.2 Å². The van der Waals surface area contributed by atoms with Gasteiger partial charge in [-0.15, -0.1) is 0 Å². The Bertz CT molecular complexity index is 1480. The normalized spacial score (nSPS) is 26.2. The molecule has 3 aromatic rings. The average Bonchev–Trinajstić information content (AvgIpc) is 3.54. The Labute approximate surface area is 265 Å².